The van der Waals surface area contributed by atoms with Crippen molar-refractivity contribution in [3.8, 4) is 5.75 Å². The van der Waals surface area contributed by atoms with Crippen molar-refractivity contribution in [2.45, 2.75) is 106 Å². The summed E-state index contributed by atoms with van der Waals surface area (Å²) in [6.45, 7) is 2.11. The van der Waals surface area contributed by atoms with Crippen molar-refractivity contribution < 1.29 is 62.4 Å². The van der Waals surface area contributed by atoms with Crippen LogP contribution in [0.2, 0.25) is 0 Å². The number of rotatable bonds is 8. The number of benzene rings is 1. The number of aliphatic hydroxyl groups is 3. The Hall–Kier alpha value is -1.71. The fourth-order valence-electron chi connectivity index (χ4n) is 7.28. The van der Waals surface area contributed by atoms with E-state index in [1.165, 1.54) is 6.07 Å². The van der Waals surface area contributed by atoms with Crippen LogP contribution in [-0.4, -0.2) is 80.9 Å². The molecule has 1 aromatic carbocycles. The van der Waals surface area contributed by atoms with Crippen molar-refractivity contribution in [2.75, 3.05) is 6.61 Å². The summed E-state index contributed by atoms with van der Waals surface area (Å²) in [7, 11) is 0. The average Bonchev–Trinajstić information content (AvgIpc) is 2.91. The zero-order valence-electron chi connectivity index (χ0n) is 23.1. The van der Waals surface area contributed by atoms with E-state index in [0.29, 0.717) is 43.6 Å². The number of fused-ring (bicyclic) bond motifs is 3. The van der Waals surface area contributed by atoms with Gasteiger partial charge in [0.25, 0.3) is 5.79 Å². The van der Waals surface area contributed by atoms with E-state index in [0.717, 1.165) is 6.42 Å². The molecule has 6 unspecified atom stereocenters. The predicted molar refractivity (Wildman–Crippen MR) is 138 cm³/mol. The molecule has 11 atom stereocenters. The molecule has 10 nitrogen and oxygen atoms in total. The van der Waals surface area contributed by atoms with Gasteiger partial charge in [0.05, 0.1) is 0 Å². The molecule has 2 heterocycles. The molecule has 1 spiro atoms. The Morgan fingerprint density at radius 1 is 1.07 bits per heavy atom. The number of alkyl halides is 4. The molecule has 42 heavy (non-hydrogen) atoms. The first-order valence-corrected chi connectivity index (χ1v) is 14.6. The smallest absolute Gasteiger partial charge is 0.411 e. The van der Waals surface area contributed by atoms with Gasteiger partial charge in [-0.2, -0.15) is 18.1 Å². The Kier molecular flexibility index (Phi) is 8.80. The van der Waals surface area contributed by atoms with Crippen LogP contribution in [0.1, 0.15) is 57.1 Å². The van der Waals surface area contributed by atoms with Gasteiger partial charge >= 0.3 is 12.1 Å². The second kappa shape index (κ2) is 11.7. The Balaban J connectivity index is 1.56. The lowest BCUT2D eigenvalue weighted by Gasteiger charge is -2.65. The number of hydrogen-bond acceptors (Lipinski definition) is 9. The van der Waals surface area contributed by atoms with Crippen molar-refractivity contribution in [2.24, 2.45) is 17.8 Å². The molecule has 14 heteroatoms. The van der Waals surface area contributed by atoms with E-state index in [1.54, 1.807) is 19.1 Å². The molecular weight excluding hydrogens is 589 g/mol. The minimum atomic E-state index is -4.68. The summed E-state index contributed by atoms with van der Waals surface area (Å²) in [5, 5.41) is 40.0. The number of aliphatic carboxylic acids is 1. The second-order valence-corrected chi connectivity index (χ2v) is 12.3. The lowest BCUT2D eigenvalue weighted by atomic mass is 9.54. The maximum atomic E-state index is 13.6. The van der Waals surface area contributed by atoms with Gasteiger partial charge in [0.15, 0.2) is 11.7 Å². The normalized spacial score (nSPS) is 41.8. The van der Waals surface area contributed by atoms with Gasteiger partial charge < -0.3 is 34.6 Å². The SMILES string of the molecule is CCc1ccc(C2(OCC(F)(F)F)OOC23C(CC)CC2CC(Cl)CC3C2)cc1O[C@@H]1O[C@H](C(=O)O)[C@@H](O)[C@H](O)[C@H]1O. The van der Waals surface area contributed by atoms with Gasteiger partial charge in [0.2, 0.25) is 6.29 Å². The van der Waals surface area contributed by atoms with E-state index < -0.39 is 60.8 Å². The number of hydrogen-bond donors (Lipinski definition) is 4. The highest BCUT2D eigenvalue weighted by molar-refractivity contribution is 6.20. The van der Waals surface area contributed by atoms with Crippen LogP contribution in [-0.2, 0) is 36.3 Å². The Morgan fingerprint density at radius 3 is 2.40 bits per heavy atom. The number of ether oxygens (including phenoxy) is 3. The van der Waals surface area contributed by atoms with E-state index in [1.807, 2.05) is 6.92 Å². The van der Waals surface area contributed by atoms with Crippen LogP contribution >= 0.6 is 11.6 Å². The Morgan fingerprint density at radius 2 is 1.81 bits per heavy atom. The summed E-state index contributed by atoms with van der Waals surface area (Å²) >= 11 is 6.60. The minimum Gasteiger partial charge on any atom is -0.479 e. The van der Waals surface area contributed by atoms with Crippen molar-refractivity contribution in [3.05, 3.63) is 29.3 Å². The molecule has 4 aliphatic rings. The number of aliphatic hydroxyl groups excluding tert-OH is 3. The third kappa shape index (κ3) is 5.29. The van der Waals surface area contributed by atoms with Crippen LogP contribution < -0.4 is 4.74 Å². The van der Waals surface area contributed by atoms with Crippen LogP contribution in [0.3, 0.4) is 0 Å². The van der Waals surface area contributed by atoms with Gasteiger partial charge in [0, 0.05) is 10.9 Å². The van der Waals surface area contributed by atoms with E-state index in [9.17, 15) is 38.4 Å². The summed E-state index contributed by atoms with van der Waals surface area (Å²) in [4.78, 5) is 23.1. The highest BCUT2D eigenvalue weighted by atomic mass is 35.5. The van der Waals surface area contributed by atoms with Crippen molar-refractivity contribution in [1.82, 2.24) is 0 Å². The highest BCUT2D eigenvalue weighted by Gasteiger charge is 2.75. The Labute approximate surface area is 245 Å². The van der Waals surface area contributed by atoms with E-state index in [2.05, 4.69) is 0 Å². The minimum absolute atomic E-state index is 0.0352. The number of carboxylic acids is 1. The molecule has 2 aliphatic heterocycles. The number of carboxylic acid groups (broad SMARTS) is 1. The number of carbonyl (C=O) groups is 1. The molecular formula is C28H36ClF3O10. The predicted octanol–water partition coefficient (Wildman–Crippen LogP) is 3.41. The van der Waals surface area contributed by atoms with Crippen LogP contribution in [0, 0.1) is 17.8 Å². The first-order chi connectivity index (χ1) is 19.8. The van der Waals surface area contributed by atoms with Gasteiger partial charge in [-0.1, -0.05) is 32.4 Å². The molecule has 0 radical (unpaired) electrons. The summed E-state index contributed by atoms with van der Waals surface area (Å²) in [5.74, 6) is -3.71. The summed E-state index contributed by atoms with van der Waals surface area (Å²) in [6.07, 6.45) is -10.3. The summed E-state index contributed by atoms with van der Waals surface area (Å²) < 4.78 is 57.7. The first kappa shape index (κ1) is 31.7. The van der Waals surface area contributed by atoms with Crippen LogP contribution in [0.25, 0.3) is 0 Å². The average molecular weight is 625 g/mol. The quantitative estimate of drug-likeness (QED) is 0.251. The van der Waals surface area contributed by atoms with Gasteiger partial charge in [-0.15, -0.1) is 11.6 Å². The maximum absolute atomic E-state index is 13.6. The second-order valence-electron chi connectivity index (χ2n) is 11.7. The van der Waals surface area contributed by atoms with Gasteiger partial charge in [-0.3, -0.25) is 0 Å². The molecule has 0 aromatic heterocycles. The van der Waals surface area contributed by atoms with Gasteiger partial charge in [-0.05, 0) is 61.5 Å². The number of aryl methyl sites for hydroxylation is 1. The monoisotopic (exact) mass is 624 g/mol. The molecule has 4 fully saturated rings. The lowest BCUT2D eigenvalue weighted by molar-refractivity contribution is -0.646. The van der Waals surface area contributed by atoms with Crippen molar-refractivity contribution >= 4 is 17.6 Å². The van der Waals surface area contributed by atoms with Crippen molar-refractivity contribution in [3.63, 3.8) is 0 Å². The largest absolute Gasteiger partial charge is 0.479 e. The molecule has 0 amide bonds. The van der Waals surface area contributed by atoms with Crippen LogP contribution in [0.5, 0.6) is 5.75 Å². The maximum Gasteiger partial charge on any atom is 0.411 e. The molecule has 236 valence electrons. The van der Waals surface area contributed by atoms with E-state index in [4.69, 9.17) is 35.6 Å². The molecule has 4 N–H and O–H groups in total. The molecule has 2 aliphatic carbocycles. The van der Waals surface area contributed by atoms with Crippen molar-refractivity contribution in [1.29, 1.82) is 0 Å². The summed E-state index contributed by atoms with van der Waals surface area (Å²) in [5.41, 5.74) is -0.576. The molecule has 2 saturated heterocycles. The Bertz CT molecular complexity index is 1150. The van der Waals surface area contributed by atoms with Crippen LogP contribution in [0.4, 0.5) is 13.2 Å². The molecule has 1 aromatic rings. The zero-order valence-corrected chi connectivity index (χ0v) is 23.9. The fourth-order valence-corrected chi connectivity index (χ4v) is 7.75. The molecule has 2 bridgehead atoms. The fraction of sp³-hybridized carbons (Fsp3) is 0.750. The first-order valence-electron chi connectivity index (χ1n) is 14.2. The number of halogens is 4. The lowest BCUT2D eigenvalue weighted by Crippen LogP contribution is -2.75. The summed E-state index contributed by atoms with van der Waals surface area (Å²) in [6, 6.07) is 4.58. The van der Waals surface area contributed by atoms with Gasteiger partial charge in [-0.25, -0.2) is 9.68 Å². The van der Waals surface area contributed by atoms with Crippen LogP contribution in [0.15, 0.2) is 18.2 Å². The highest BCUT2D eigenvalue weighted by Crippen LogP contribution is 2.65. The van der Waals surface area contributed by atoms with E-state index >= 15 is 0 Å². The zero-order chi connectivity index (χ0) is 30.6. The van der Waals surface area contributed by atoms with E-state index in [-0.39, 0.29) is 28.5 Å². The third-order valence-electron chi connectivity index (χ3n) is 9.21. The standard InChI is InChI=1S/C28H36ClF3O10/c1-3-14-5-6-16(11-19(14)39-25-22(35)20(33)21(34)23(40-25)24(36)37)28(38-12-26(30,31)32)27(41-42-28)15(4-2)7-13-8-17(27)10-18(29)9-13/h5-6,11,13,15,17-18,20-23,25,33-35H,3-4,7-10,12H2,1-2H3,(H,36,37)/t13?,15?,17?,18?,20-,21-,22+,23-,25+,27?,28?/m0/s1. The molecule has 5 rings (SSSR count). The third-order valence-corrected chi connectivity index (χ3v) is 9.56. The topological polar surface area (TPSA) is 144 Å². The van der Waals surface area contributed by atoms with Gasteiger partial charge in [0.1, 0.15) is 30.7 Å². The molecule has 2 saturated carbocycles.